The maximum absolute atomic E-state index is 11.8. The highest BCUT2D eigenvalue weighted by Crippen LogP contribution is 2.37. The molecule has 4 heteroatoms. The lowest BCUT2D eigenvalue weighted by Gasteiger charge is -2.34. The first-order valence-electron chi connectivity index (χ1n) is 7.01. The van der Waals surface area contributed by atoms with Crippen LogP contribution in [0, 0.1) is 5.92 Å². The summed E-state index contributed by atoms with van der Waals surface area (Å²) in [5.41, 5.74) is 1.17. The highest BCUT2D eigenvalue weighted by molar-refractivity contribution is 5.74. The molecule has 2 rings (SSSR count). The van der Waals surface area contributed by atoms with E-state index in [0.29, 0.717) is 18.9 Å². The van der Waals surface area contributed by atoms with Gasteiger partial charge in [-0.05, 0) is 30.7 Å². The number of benzene rings is 1. The third kappa shape index (κ3) is 3.96. The van der Waals surface area contributed by atoms with Gasteiger partial charge in [0.25, 0.3) is 0 Å². The van der Waals surface area contributed by atoms with Crippen LogP contribution in [0.3, 0.4) is 0 Å². The third-order valence-corrected chi connectivity index (χ3v) is 3.69. The van der Waals surface area contributed by atoms with E-state index in [4.69, 9.17) is 5.11 Å². The quantitative estimate of drug-likeness (QED) is 0.688. The Hall–Kier alpha value is -1.55. The van der Waals surface area contributed by atoms with E-state index in [1.54, 1.807) is 0 Å². The second-order valence-electron chi connectivity index (χ2n) is 5.06. The van der Waals surface area contributed by atoms with Crippen molar-refractivity contribution in [1.29, 1.82) is 0 Å². The van der Waals surface area contributed by atoms with Crippen LogP contribution in [-0.4, -0.2) is 24.3 Å². The van der Waals surface area contributed by atoms with E-state index in [0.717, 1.165) is 0 Å². The molecule has 2 amide bonds. The zero-order chi connectivity index (χ0) is 13.5. The van der Waals surface area contributed by atoms with Crippen LogP contribution in [0.15, 0.2) is 30.3 Å². The number of carbonyl (C=O) groups is 1. The summed E-state index contributed by atoms with van der Waals surface area (Å²) in [7, 11) is 0. The average Bonchev–Trinajstić information content (AvgIpc) is 2.37. The van der Waals surface area contributed by atoms with Crippen molar-refractivity contribution in [1.82, 2.24) is 10.6 Å². The van der Waals surface area contributed by atoms with Crippen molar-refractivity contribution in [2.24, 2.45) is 5.92 Å². The van der Waals surface area contributed by atoms with Gasteiger partial charge in [-0.15, -0.1) is 0 Å². The number of hydrogen-bond donors (Lipinski definition) is 3. The molecule has 1 unspecified atom stereocenters. The Morgan fingerprint density at radius 3 is 2.63 bits per heavy atom. The fraction of sp³-hybridized carbons (Fsp3) is 0.533. The normalized spacial score (nSPS) is 16.5. The first kappa shape index (κ1) is 13.9. The van der Waals surface area contributed by atoms with Gasteiger partial charge in [0.05, 0.1) is 6.04 Å². The molecule has 1 aliphatic carbocycles. The molecule has 1 aliphatic rings. The summed E-state index contributed by atoms with van der Waals surface area (Å²) < 4.78 is 0. The molecule has 0 bridgehead atoms. The van der Waals surface area contributed by atoms with Crippen LogP contribution in [0.25, 0.3) is 0 Å². The third-order valence-electron chi connectivity index (χ3n) is 3.69. The van der Waals surface area contributed by atoms with Crippen molar-refractivity contribution in [3.63, 3.8) is 0 Å². The van der Waals surface area contributed by atoms with Gasteiger partial charge in [0, 0.05) is 13.2 Å². The Morgan fingerprint density at radius 1 is 1.32 bits per heavy atom. The topological polar surface area (TPSA) is 61.4 Å². The number of urea groups is 1. The number of carbonyl (C=O) groups excluding carboxylic acids is 1. The highest BCUT2D eigenvalue weighted by atomic mass is 16.3. The van der Waals surface area contributed by atoms with Crippen molar-refractivity contribution < 1.29 is 9.90 Å². The van der Waals surface area contributed by atoms with E-state index in [9.17, 15) is 4.79 Å². The van der Waals surface area contributed by atoms with E-state index in [-0.39, 0.29) is 18.7 Å². The monoisotopic (exact) mass is 262 g/mol. The molecule has 1 aromatic rings. The van der Waals surface area contributed by atoms with Crippen LogP contribution in [0.4, 0.5) is 4.79 Å². The van der Waals surface area contributed by atoms with Crippen molar-refractivity contribution in [2.45, 2.75) is 31.7 Å². The summed E-state index contributed by atoms with van der Waals surface area (Å²) in [6.07, 6.45) is 4.20. The van der Waals surface area contributed by atoms with E-state index in [1.807, 2.05) is 18.2 Å². The summed E-state index contributed by atoms with van der Waals surface area (Å²) in [6, 6.07) is 10.1. The van der Waals surface area contributed by atoms with Crippen molar-refractivity contribution in [2.75, 3.05) is 13.2 Å². The minimum atomic E-state index is -0.144. The molecule has 3 N–H and O–H groups in total. The fourth-order valence-corrected chi connectivity index (χ4v) is 2.38. The number of aliphatic hydroxyl groups is 1. The summed E-state index contributed by atoms with van der Waals surface area (Å²) in [5, 5.41) is 14.5. The van der Waals surface area contributed by atoms with Crippen molar-refractivity contribution >= 4 is 6.03 Å². The van der Waals surface area contributed by atoms with Gasteiger partial charge in [0.1, 0.15) is 0 Å². The molecule has 0 aromatic heterocycles. The van der Waals surface area contributed by atoms with Crippen LogP contribution >= 0.6 is 0 Å². The van der Waals surface area contributed by atoms with Crippen LogP contribution in [0.1, 0.15) is 37.3 Å². The van der Waals surface area contributed by atoms with E-state index in [2.05, 4.69) is 22.8 Å². The minimum Gasteiger partial charge on any atom is -0.396 e. The van der Waals surface area contributed by atoms with Gasteiger partial charge >= 0.3 is 6.03 Å². The lowest BCUT2D eigenvalue weighted by atomic mass is 9.77. The first-order valence-corrected chi connectivity index (χ1v) is 7.01. The Bertz CT molecular complexity index is 390. The molecule has 1 saturated carbocycles. The average molecular weight is 262 g/mol. The molecule has 0 spiro atoms. The zero-order valence-electron chi connectivity index (χ0n) is 11.1. The number of nitrogens with one attached hydrogen (secondary N) is 2. The molecule has 0 aliphatic heterocycles. The molecule has 0 radical (unpaired) electrons. The molecule has 1 fully saturated rings. The smallest absolute Gasteiger partial charge is 0.315 e. The molecule has 1 atom stereocenters. The summed E-state index contributed by atoms with van der Waals surface area (Å²) >= 11 is 0. The SMILES string of the molecule is O=C(NCCCO)NC(c1ccccc1)C1CCC1. The van der Waals surface area contributed by atoms with Gasteiger partial charge in [0.2, 0.25) is 0 Å². The summed E-state index contributed by atoms with van der Waals surface area (Å²) in [5.74, 6) is 0.547. The second kappa shape index (κ2) is 7.14. The van der Waals surface area contributed by atoms with Gasteiger partial charge < -0.3 is 15.7 Å². The lowest BCUT2D eigenvalue weighted by molar-refractivity contribution is 0.207. The Kier molecular flexibility index (Phi) is 5.21. The summed E-state index contributed by atoms with van der Waals surface area (Å²) in [4.78, 5) is 11.8. The van der Waals surface area contributed by atoms with E-state index in [1.165, 1.54) is 24.8 Å². The van der Waals surface area contributed by atoms with Gasteiger partial charge in [-0.2, -0.15) is 0 Å². The van der Waals surface area contributed by atoms with Crippen LogP contribution in [-0.2, 0) is 0 Å². The van der Waals surface area contributed by atoms with Crippen LogP contribution < -0.4 is 10.6 Å². The van der Waals surface area contributed by atoms with Crippen molar-refractivity contribution in [3.8, 4) is 0 Å². The van der Waals surface area contributed by atoms with Crippen LogP contribution in [0.5, 0.6) is 0 Å². The number of aliphatic hydroxyl groups excluding tert-OH is 1. The predicted octanol–water partition coefficient (Wildman–Crippen LogP) is 2.21. The first-order chi connectivity index (χ1) is 9.31. The maximum atomic E-state index is 11.8. The predicted molar refractivity (Wildman–Crippen MR) is 74.8 cm³/mol. The molecule has 1 aromatic carbocycles. The Labute approximate surface area is 114 Å². The maximum Gasteiger partial charge on any atom is 0.315 e. The molecule has 104 valence electrons. The molecular weight excluding hydrogens is 240 g/mol. The number of hydrogen-bond acceptors (Lipinski definition) is 2. The zero-order valence-corrected chi connectivity index (χ0v) is 11.1. The van der Waals surface area contributed by atoms with Gasteiger partial charge in [-0.25, -0.2) is 4.79 Å². The Balaban J connectivity index is 1.93. The van der Waals surface area contributed by atoms with Crippen molar-refractivity contribution in [3.05, 3.63) is 35.9 Å². The van der Waals surface area contributed by atoms with E-state index >= 15 is 0 Å². The van der Waals surface area contributed by atoms with Gasteiger partial charge in [-0.3, -0.25) is 0 Å². The Morgan fingerprint density at radius 2 is 2.05 bits per heavy atom. The molecule has 19 heavy (non-hydrogen) atoms. The van der Waals surface area contributed by atoms with Crippen LogP contribution in [0.2, 0.25) is 0 Å². The largest absolute Gasteiger partial charge is 0.396 e. The molecule has 0 heterocycles. The van der Waals surface area contributed by atoms with Gasteiger partial charge in [0.15, 0.2) is 0 Å². The highest BCUT2D eigenvalue weighted by Gasteiger charge is 2.29. The minimum absolute atomic E-state index is 0.101. The standard InChI is InChI=1S/C15H22N2O2/c18-11-5-10-16-15(19)17-14(13-8-4-9-13)12-6-2-1-3-7-12/h1-3,6-7,13-14,18H,4-5,8-11H2,(H2,16,17,19). The molecular formula is C15H22N2O2. The van der Waals surface area contributed by atoms with Gasteiger partial charge in [-0.1, -0.05) is 36.8 Å². The number of rotatable bonds is 6. The molecule has 4 nitrogen and oxygen atoms in total. The molecule has 0 saturated heterocycles. The fourth-order valence-electron chi connectivity index (χ4n) is 2.38. The second-order valence-corrected chi connectivity index (χ2v) is 5.06. The lowest BCUT2D eigenvalue weighted by Crippen LogP contribution is -2.42. The summed E-state index contributed by atoms with van der Waals surface area (Å²) in [6.45, 7) is 0.611. The van der Waals surface area contributed by atoms with E-state index < -0.39 is 0 Å². The number of amides is 2.